The SMILES string of the molecule is CCNC(c1ccc(C(=O)OC)o1)C1CC1. The van der Waals surface area contributed by atoms with Crippen molar-refractivity contribution in [3.05, 3.63) is 23.7 Å². The zero-order valence-electron chi connectivity index (χ0n) is 9.66. The smallest absolute Gasteiger partial charge is 0.373 e. The molecule has 0 aromatic carbocycles. The molecule has 1 heterocycles. The second-order valence-corrected chi connectivity index (χ2v) is 4.07. The van der Waals surface area contributed by atoms with Crippen molar-refractivity contribution in [2.24, 2.45) is 5.92 Å². The first-order chi connectivity index (χ1) is 7.76. The van der Waals surface area contributed by atoms with Crippen molar-refractivity contribution in [2.45, 2.75) is 25.8 Å². The van der Waals surface area contributed by atoms with E-state index in [1.165, 1.54) is 20.0 Å². The molecule has 1 aliphatic rings. The number of esters is 1. The largest absolute Gasteiger partial charge is 0.463 e. The summed E-state index contributed by atoms with van der Waals surface area (Å²) in [5.74, 6) is 1.35. The van der Waals surface area contributed by atoms with Gasteiger partial charge in [-0.05, 0) is 37.4 Å². The maximum atomic E-state index is 11.3. The predicted molar refractivity (Wildman–Crippen MR) is 59.2 cm³/mol. The zero-order valence-corrected chi connectivity index (χ0v) is 9.66. The highest BCUT2D eigenvalue weighted by Gasteiger charge is 2.34. The molecule has 1 fully saturated rings. The zero-order chi connectivity index (χ0) is 11.5. The number of hydrogen-bond donors (Lipinski definition) is 1. The summed E-state index contributed by atoms with van der Waals surface area (Å²) in [6, 6.07) is 3.77. The lowest BCUT2D eigenvalue weighted by Gasteiger charge is -2.13. The first-order valence-electron chi connectivity index (χ1n) is 5.67. The number of methoxy groups -OCH3 is 1. The van der Waals surface area contributed by atoms with E-state index in [4.69, 9.17) is 4.42 Å². The van der Waals surface area contributed by atoms with Crippen molar-refractivity contribution in [3.8, 4) is 0 Å². The Labute approximate surface area is 95.0 Å². The summed E-state index contributed by atoms with van der Waals surface area (Å²) in [7, 11) is 1.35. The maximum absolute atomic E-state index is 11.3. The van der Waals surface area contributed by atoms with Gasteiger partial charge in [-0.25, -0.2) is 4.79 Å². The van der Waals surface area contributed by atoms with Crippen molar-refractivity contribution >= 4 is 5.97 Å². The molecular weight excluding hydrogens is 206 g/mol. The molecule has 16 heavy (non-hydrogen) atoms. The van der Waals surface area contributed by atoms with Crippen LogP contribution < -0.4 is 5.32 Å². The van der Waals surface area contributed by atoms with Gasteiger partial charge in [0.05, 0.1) is 13.2 Å². The van der Waals surface area contributed by atoms with Gasteiger partial charge in [-0.1, -0.05) is 6.92 Å². The third-order valence-corrected chi connectivity index (χ3v) is 2.84. The van der Waals surface area contributed by atoms with Crippen LogP contribution in [-0.4, -0.2) is 19.6 Å². The van der Waals surface area contributed by atoms with Crippen LogP contribution in [0.5, 0.6) is 0 Å². The topological polar surface area (TPSA) is 51.5 Å². The Hall–Kier alpha value is -1.29. The van der Waals surface area contributed by atoms with E-state index in [2.05, 4.69) is 17.0 Å². The van der Waals surface area contributed by atoms with Gasteiger partial charge in [0.25, 0.3) is 0 Å². The van der Waals surface area contributed by atoms with Crippen LogP contribution in [0.25, 0.3) is 0 Å². The van der Waals surface area contributed by atoms with E-state index < -0.39 is 5.97 Å². The molecule has 0 amide bonds. The van der Waals surface area contributed by atoms with E-state index in [1.54, 1.807) is 6.07 Å². The highest BCUT2D eigenvalue weighted by molar-refractivity contribution is 5.86. The predicted octanol–water partition coefficient (Wildman–Crippen LogP) is 2.13. The molecule has 0 radical (unpaired) electrons. The molecule has 1 N–H and O–H groups in total. The van der Waals surface area contributed by atoms with Crippen molar-refractivity contribution in [1.29, 1.82) is 0 Å². The van der Waals surface area contributed by atoms with Crippen LogP contribution in [-0.2, 0) is 4.74 Å². The van der Waals surface area contributed by atoms with Crippen LogP contribution in [0.2, 0.25) is 0 Å². The second kappa shape index (κ2) is 4.70. The summed E-state index contributed by atoms with van der Waals surface area (Å²) in [6.45, 7) is 2.97. The highest BCUT2D eigenvalue weighted by atomic mass is 16.5. The molecule has 4 nitrogen and oxygen atoms in total. The van der Waals surface area contributed by atoms with E-state index in [-0.39, 0.29) is 11.8 Å². The fourth-order valence-electron chi connectivity index (χ4n) is 1.88. The second-order valence-electron chi connectivity index (χ2n) is 4.07. The summed E-state index contributed by atoms with van der Waals surface area (Å²) >= 11 is 0. The summed E-state index contributed by atoms with van der Waals surface area (Å²) < 4.78 is 10.1. The fourth-order valence-corrected chi connectivity index (χ4v) is 1.88. The van der Waals surface area contributed by atoms with Gasteiger partial charge >= 0.3 is 5.97 Å². The Morgan fingerprint density at radius 2 is 2.38 bits per heavy atom. The summed E-state index contributed by atoms with van der Waals surface area (Å²) in [5.41, 5.74) is 0. The van der Waals surface area contributed by atoms with Crippen LogP contribution in [0.15, 0.2) is 16.5 Å². The lowest BCUT2D eigenvalue weighted by molar-refractivity contribution is 0.0561. The molecule has 0 saturated heterocycles. The Bertz CT molecular complexity index is 368. The highest BCUT2D eigenvalue weighted by Crippen LogP contribution is 2.41. The first kappa shape index (κ1) is 11.2. The Kier molecular flexibility index (Phi) is 3.29. The monoisotopic (exact) mass is 223 g/mol. The molecule has 88 valence electrons. The molecule has 1 saturated carbocycles. The van der Waals surface area contributed by atoms with Gasteiger partial charge < -0.3 is 14.5 Å². The van der Waals surface area contributed by atoms with E-state index in [1.807, 2.05) is 6.07 Å². The van der Waals surface area contributed by atoms with Gasteiger partial charge in [-0.2, -0.15) is 0 Å². The molecule has 0 aliphatic heterocycles. The molecule has 1 aromatic rings. The molecule has 1 aliphatic carbocycles. The third kappa shape index (κ3) is 2.27. The number of nitrogens with one attached hydrogen (secondary N) is 1. The molecule has 1 atom stereocenters. The van der Waals surface area contributed by atoms with E-state index in [9.17, 15) is 4.79 Å². The van der Waals surface area contributed by atoms with Gasteiger partial charge in [-0.3, -0.25) is 0 Å². The average Bonchev–Trinajstić information content (AvgIpc) is 3.02. The summed E-state index contributed by atoms with van der Waals surface area (Å²) in [4.78, 5) is 11.3. The van der Waals surface area contributed by atoms with Crippen LogP contribution in [0.3, 0.4) is 0 Å². The standard InChI is InChI=1S/C12H17NO3/c1-3-13-11(8-4-5-8)9-6-7-10(16-9)12(14)15-2/h6-8,11,13H,3-5H2,1-2H3. The van der Waals surface area contributed by atoms with Gasteiger partial charge in [0.1, 0.15) is 5.76 Å². The summed E-state index contributed by atoms with van der Waals surface area (Å²) in [6.07, 6.45) is 2.46. The Balaban J connectivity index is 2.12. The Morgan fingerprint density at radius 1 is 1.62 bits per heavy atom. The number of furan rings is 1. The van der Waals surface area contributed by atoms with Crippen molar-refractivity contribution in [3.63, 3.8) is 0 Å². The minimum Gasteiger partial charge on any atom is -0.463 e. The fraction of sp³-hybridized carbons (Fsp3) is 0.583. The van der Waals surface area contributed by atoms with Crippen LogP contribution in [0.4, 0.5) is 0 Å². The van der Waals surface area contributed by atoms with Crippen LogP contribution in [0.1, 0.15) is 42.1 Å². The minimum absolute atomic E-state index is 0.239. The molecule has 1 unspecified atom stereocenters. The third-order valence-electron chi connectivity index (χ3n) is 2.84. The van der Waals surface area contributed by atoms with Crippen molar-refractivity contribution in [1.82, 2.24) is 5.32 Å². The lowest BCUT2D eigenvalue weighted by Crippen LogP contribution is -2.22. The quantitative estimate of drug-likeness (QED) is 0.777. The van der Waals surface area contributed by atoms with Crippen molar-refractivity contribution < 1.29 is 13.9 Å². The molecule has 1 aromatic heterocycles. The van der Waals surface area contributed by atoms with Gasteiger partial charge in [-0.15, -0.1) is 0 Å². The van der Waals surface area contributed by atoms with Crippen molar-refractivity contribution in [2.75, 3.05) is 13.7 Å². The molecule has 0 spiro atoms. The average molecular weight is 223 g/mol. The number of carbonyl (C=O) groups excluding carboxylic acids is 1. The normalized spacial score (nSPS) is 17.1. The minimum atomic E-state index is -0.419. The van der Waals surface area contributed by atoms with Gasteiger partial charge in [0.15, 0.2) is 0 Å². The van der Waals surface area contributed by atoms with E-state index in [0.29, 0.717) is 5.92 Å². The molecule has 0 bridgehead atoms. The van der Waals surface area contributed by atoms with Crippen LogP contribution >= 0.6 is 0 Å². The van der Waals surface area contributed by atoms with Gasteiger partial charge in [0, 0.05) is 0 Å². The summed E-state index contributed by atoms with van der Waals surface area (Å²) in [5, 5.41) is 3.39. The number of ether oxygens (including phenoxy) is 1. The Morgan fingerprint density at radius 3 is 2.94 bits per heavy atom. The number of rotatable bonds is 5. The number of carbonyl (C=O) groups is 1. The van der Waals surface area contributed by atoms with E-state index >= 15 is 0 Å². The first-order valence-corrected chi connectivity index (χ1v) is 5.67. The number of hydrogen-bond acceptors (Lipinski definition) is 4. The van der Waals surface area contributed by atoms with Gasteiger partial charge in [0.2, 0.25) is 5.76 Å². The maximum Gasteiger partial charge on any atom is 0.373 e. The molecular formula is C12H17NO3. The van der Waals surface area contributed by atoms with E-state index in [0.717, 1.165) is 12.3 Å². The van der Waals surface area contributed by atoms with Crippen LogP contribution in [0, 0.1) is 5.92 Å². The lowest BCUT2D eigenvalue weighted by atomic mass is 10.1. The molecule has 2 rings (SSSR count). The molecule has 4 heteroatoms.